The summed E-state index contributed by atoms with van der Waals surface area (Å²) in [6, 6.07) is 15.7. The van der Waals surface area contributed by atoms with Gasteiger partial charge in [0.15, 0.2) is 0 Å². The van der Waals surface area contributed by atoms with Crippen molar-refractivity contribution < 1.29 is 9.53 Å². The zero-order valence-electron chi connectivity index (χ0n) is 13.6. The number of rotatable bonds is 4. The Balaban J connectivity index is 1.70. The Hall–Kier alpha value is -2.73. The van der Waals surface area contributed by atoms with E-state index in [1.807, 2.05) is 42.5 Å². The van der Waals surface area contributed by atoms with Crippen LogP contribution in [0.5, 0.6) is 0 Å². The summed E-state index contributed by atoms with van der Waals surface area (Å²) >= 11 is 0. The number of carbonyl (C=O) groups excluding carboxylic acids is 1. The summed E-state index contributed by atoms with van der Waals surface area (Å²) < 4.78 is 5.13. The van der Waals surface area contributed by atoms with Crippen molar-refractivity contribution >= 4 is 6.09 Å². The zero-order valence-corrected chi connectivity index (χ0v) is 13.6. The Labute approximate surface area is 137 Å². The zero-order chi connectivity index (χ0) is 16.5. The summed E-state index contributed by atoms with van der Waals surface area (Å²) in [5.41, 5.74) is 4.45. The molecule has 0 radical (unpaired) electrons. The van der Waals surface area contributed by atoms with E-state index in [4.69, 9.17) is 4.74 Å². The van der Waals surface area contributed by atoms with Gasteiger partial charge in [0, 0.05) is 18.5 Å². The SMILES string of the molecule is Cc1cccc(C#CCCNC(=O)OCc2ccccc2)c1C. The number of aryl methyl sites for hydroxylation is 1. The maximum absolute atomic E-state index is 11.6. The standard InChI is InChI=1S/C20H21NO2/c1-16-9-8-13-19(17(16)2)12-6-7-14-21-20(22)23-15-18-10-4-3-5-11-18/h3-5,8-11,13H,7,14-15H2,1-2H3,(H,21,22). The molecule has 0 aromatic heterocycles. The van der Waals surface area contributed by atoms with Crippen molar-refractivity contribution in [2.45, 2.75) is 26.9 Å². The molecule has 0 unspecified atom stereocenters. The van der Waals surface area contributed by atoms with Gasteiger partial charge < -0.3 is 10.1 Å². The van der Waals surface area contributed by atoms with Gasteiger partial charge in [0.2, 0.25) is 0 Å². The van der Waals surface area contributed by atoms with Crippen LogP contribution in [-0.2, 0) is 11.3 Å². The average molecular weight is 307 g/mol. The summed E-state index contributed by atoms with van der Waals surface area (Å²) in [4.78, 5) is 11.6. The summed E-state index contributed by atoms with van der Waals surface area (Å²) in [7, 11) is 0. The van der Waals surface area contributed by atoms with E-state index < -0.39 is 6.09 Å². The lowest BCUT2D eigenvalue weighted by Gasteiger charge is -2.05. The van der Waals surface area contributed by atoms with E-state index in [-0.39, 0.29) is 6.61 Å². The third-order valence-corrected chi connectivity index (χ3v) is 3.56. The van der Waals surface area contributed by atoms with E-state index in [0.29, 0.717) is 13.0 Å². The molecule has 118 valence electrons. The molecule has 1 amide bonds. The van der Waals surface area contributed by atoms with Crippen LogP contribution in [-0.4, -0.2) is 12.6 Å². The second-order valence-corrected chi connectivity index (χ2v) is 5.29. The Morgan fingerprint density at radius 1 is 1.09 bits per heavy atom. The summed E-state index contributed by atoms with van der Waals surface area (Å²) in [6.45, 7) is 4.90. The largest absolute Gasteiger partial charge is 0.445 e. The van der Waals surface area contributed by atoms with Crippen molar-refractivity contribution in [1.82, 2.24) is 5.32 Å². The lowest BCUT2D eigenvalue weighted by molar-refractivity contribution is 0.140. The Morgan fingerprint density at radius 3 is 2.65 bits per heavy atom. The molecule has 0 aliphatic carbocycles. The van der Waals surface area contributed by atoms with Gasteiger partial charge in [-0.2, -0.15) is 0 Å². The van der Waals surface area contributed by atoms with Crippen LogP contribution in [0.3, 0.4) is 0 Å². The van der Waals surface area contributed by atoms with Crippen LogP contribution in [0.4, 0.5) is 4.79 Å². The number of ether oxygens (including phenoxy) is 1. The molecule has 2 aromatic rings. The molecule has 3 nitrogen and oxygen atoms in total. The predicted octanol–water partition coefficient (Wildman–Crippen LogP) is 3.97. The Morgan fingerprint density at radius 2 is 1.87 bits per heavy atom. The minimum Gasteiger partial charge on any atom is -0.445 e. The van der Waals surface area contributed by atoms with E-state index in [2.05, 4.69) is 37.1 Å². The molecule has 0 atom stereocenters. The molecule has 0 aliphatic heterocycles. The van der Waals surface area contributed by atoms with Crippen LogP contribution in [0.2, 0.25) is 0 Å². The number of amides is 1. The quantitative estimate of drug-likeness (QED) is 0.685. The van der Waals surface area contributed by atoms with Crippen LogP contribution in [0.25, 0.3) is 0 Å². The third kappa shape index (κ3) is 5.52. The molecule has 2 rings (SSSR count). The lowest BCUT2D eigenvalue weighted by atomic mass is 10.0. The normalized spacial score (nSPS) is 9.65. The molecular weight excluding hydrogens is 286 g/mol. The summed E-state index contributed by atoms with van der Waals surface area (Å²) in [5, 5.41) is 2.70. The van der Waals surface area contributed by atoms with Gasteiger partial charge >= 0.3 is 6.09 Å². The van der Waals surface area contributed by atoms with Crippen LogP contribution < -0.4 is 5.32 Å². The molecule has 1 N–H and O–H groups in total. The average Bonchev–Trinajstić information content (AvgIpc) is 2.57. The van der Waals surface area contributed by atoms with Crippen molar-refractivity contribution in [3.8, 4) is 11.8 Å². The first-order chi connectivity index (χ1) is 11.2. The number of hydrogen-bond donors (Lipinski definition) is 1. The van der Waals surface area contributed by atoms with Crippen molar-refractivity contribution in [2.75, 3.05) is 6.54 Å². The third-order valence-electron chi connectivity index (χ3n) is 3.56. The number of carbonyl (C=O) groups is 1. The smallest absolute Gasteiger partial charge is 0.407 e. The lowest BCUT2D eigenvalue weighted by Crippen LogP contribution is -2.24. The van der Waals surface area contributed by atoms with Gasteiger partial charge in [-0.3, -0.25) is 0 Å². The maximum Gasteiger partial charge on any atom is 0.407 e. The molecular formula is C20H21NO2. The summed E-state index contributed by atoms with van der Waals surface area (Å²) in [6.07, 6.45) is 0.177. The van der Waals surface area contributed by atoms with Gasteiger partial charge in [0.25, 0.3) is 0 Å². The molecule has 0 spiro atoms. The Kier molecular flexibility index (Phi) is 6.26. The molecule has 0 heterocycles. The van der Waals surface area contributed by atoms with Crippen molar-refractivity contribution in [3.05, 3.63) is 70.8 Å². The molecule has 2 aromatic carbocycles. The minimum absolute atomic E-state index is 0.279. The second kappa shape index (κ2) is 8.65. The van der Waals surface area contributed by atoms with E-state index in [0.717, 1.165) is 11.1 Å². The van der Waals surface area contributed by atoms with Crippen molar-refractivity contribution in [1.29, 1.82) is 0 Å². The highest BCUT2D eigenvalue weighted by atomic mass is 16.5. The predicted molar refractivity (Wildman–Crippen MR) is 92.0 cm³/mol. The minimum atomic E-state index is -0.414. The molecule has 3 heteroatoms. The van der Waals surface area contributed by atoms with Gasteiger partial charge in [-0.15, -0.1) is 0 Å². The molecule has 0 saturated heterocycles. The first kappa shape index (κ1) is 16.6. The molecule has 0 saturated carbocycles. The van der Waals surface area contributed by atoms with Crippen molar-refractivity contribution in [3.63, 3.8) is 0 Å². The molecule has 0 aliphatic rings. The number of hydrogen-bond acceptors (Lipinski definition) is 2. The molecule has 0 fully saturated rings. The summed E-state index contributed by atoms with van der Waals surface area (Å²) in [5.74, 6) is 6.22. The van der Waals surface area contributed by atoms with E-state index >= 15 is 0 Å². The van der Waals surface area contributed by atoms with Crippen molar-refractivity contribution in [2.24, 2.45) is 0 Å². The van der Waals surface area contributed by atoms with Gasteiger partial charge in [-0.25, -0.2) is 4.79 Å². The van der Waals surface area contributed by atoms with E-state index in [1.165, 1.54) is 11.1 Å². The number of alkyl carbamates (subject to hydrolysis) is 1. The number of benzene rings is 2. The van der Waals surface area contributed by atoms with E-state index in [9.17, 15) is 4.79 Å². The topological polar surface area (TPSA) is 38.3 Å². The first-order valence-electron chi connectivity index (χ1n) is 7.66. The van der Waals surface area contributed by atoms with Crippen LogP contribution >= 0.6 is 0 Å². The number of nitrogens with one attached hydrogen (secondary N) is 1. The first-order valence-corrected chi connectivity index (χ1v) is 7.66. The van der Waals surface area contributed by atoms with Gasteiger partial charge in [-0.1, -0.05) is 54.3 Å². The van der Waals surface area contributed by atoms with Crippen LogP contribution in [0.15, 0.2) is 48.5 Å². The highest BCUT2D eigenvalue weighted by molar-refractivity contribution is 5.67. The fraction of sp³-hybridized carbons (Fsp3) is 0.250. The monoisotopic (exact) mass is 307 g/mol. The van der Waals surface area contributed by atoms with E-state index in [1.54, 1.807) is 0 Å². The molecule has 23 heavy (non-hydrogen) atoms. The highest BCUT2D eigenvalue weighted by Crippen LogP contribution is 2.10. The fourth-order valence-corrected chi connectivity index (χ4v) is 2.05. The Bertz CT molecular complexity index is 711. The maximum atomic E-state index is 11.6. The fourth-order valence-electron chi connectivity index (χ4n) is 2.05. The van der Waals surface area contributed by atoms with Gasteiger partial charge in [-0.05, 0) is 36.6 Å². The van der Waals surface area contributed by atoms with Crippen LogP contribution in [0, 0.1) is 25.7 Å². The molecule has 0 bridgehead atoms. The van der Waals surface area contributed by atoms with Gasteiger partial charge in [0.1, 0.15) is 6.61 Å². The van der Waals surface area contributed by atoms with Gasteiger partial charge in [0.05, 0.1) is 0 Å². The second-order valence-electron chi connectivity index (χ2n) is 5.29. The highest BCUT2D eigenvalue weighted by Gasteiger charge is 2.01. The van der Waals surface area contributed by atoms with Crippen LogP contribution in [0.1, 0.15) is 28.7 Å².